The first-order valence-corrected chi connectivity index (χ1v) is 7.79. The Hall–Kier alpha value is -2.04. The van der Waals surface area contributed by atoms with Gasteiger partial charge >= 0.3 is 5.97 Å². The maximum atomic E-state index is 11.9. The number of hydrogen-bond donors (Lipinski definition) is 1. The lowest BCUT2D eigenvalue weighted by Gasteiger charge is -2.16. The standard InChI is InChI=1S/C17H23NO4/c1-21-17(20)13-7-6-10-15(11-13)22-12-16(19)18-14-8-4-2-3-5-9-14/h6-7,10-11,14H,2-5,8-9,12H2,1H3,(H,18,19). The Morgan fingerprint density at radius 2 is 1.91 bits per heavy atom. The third-order valence-corrected chi connectivity index (χ3v) is 3.85. The molecule has 1 saturated carbocycles. The summed E-state index contributed by atoms with van der Waals surface area (Å²) in [5, 5.41) is 3.02. The van der Waals surface area contributed by atoms with E-state index in [2.05, 4.69) is 10.1 Å². The number of ether oxygens (including phenoxy) is 2. The molecule has 2 rings (SSSR count). The Balaban J connectivity index is 1.81. The van der Waals surface area contributed by atoms with Crippen LogP contribution in [-0.2, 0) is 9.53 Å². The van der Waals surface area contributed by atoms with Crippen molar-refractivity contribution in [2.24, 2.45) is 0 Å². The minimum Gasteiger partial charge on any atom is -0.484 e. The van der Waals surface area contributed by atoms with E-state index in [0.717, 1.165) is 12.8 Å². The first-order chi connectivity index (χ1) is 10.7. The van der Waals surface area contributed by atoms with Crippen molar-refractivity contribution in [3.63, 3.8) is 0 Å². The molecule has 0 atom stereocenters. The summed E-state index contributed by atoms with van der Waals surface area (Å²) in [7, 11) is 1.33. The van der Waals surface area contributed by atoms with Gasteiger partial charge in [-0.2, -0.15) is 0 Å². The van der Waals surface area contributed by atoms with Gasteiger partial charge in [0.15, 0.2) is 6.61 Å². The fourth-order valence-electron chi connectivity index (χ4n) is 2.67. The lowest BCUT2D eigenvalue weighted by molar-refractivity contribution is -0.123. The zero-order valence-electron chi connectivity index (χ0n) is 13.0. The van der Waals surface area contributed by atoms with Gasteiger partial charge in [-0.1, -0.05) is 31.7 Å². The molecular weight excluding hydrogens is 282 g/mol. The van der Waals surface area contributed by atoms with Crippen LogP contribution in [0, 0.1) is 0 Å². The van der Waals surface area contributed by atoms with E-state index in [1.165, 1.54) is 32.8 Å². The molecular formula is C17H23NO4. The number of rotatable bonds is 5. The molecule has 1 fully saturated rings. The maximum absolute atomic E-state index is 11.9. The molecule has 0 spiro atoms. The molecule has 0 bridgehead atoms. The van der Waals surface area contributed by atoms with Crippen molar-refractivity contribution in [1.82, 2.24) is 5.32 Å². The van der Waals surface area contributed by atoms with Gasteiger partial charge < -0.3 is 14.8 Å². The van der Waals surface area contributed by atoms with E-state index in [-0.39, 0.29) is 18.6 Å². The molecule has 0 aliphatic heterocycles. The lowest BCUT2D eigenvalue weighted by atomic mass is 10.1. The second kappa shape index (κ2) is 8.41. The van der Waals surface area contributed by atoms with E-state index in [1.807, 2.05) is 0 Å². The molecule has 0 radical (unpaired) electrons. The van der Waals surface area contributed by atoms with E-state index in [0.29, 0.717) is 11.3 Å². The van der Waals surface area contributed by atoms with Crippen molar-refractivity contribution in [3.05, 3.63) is 29.8 Å². The topological polar surface area (TPSA) is 64.6 Å². The largest absolute Gasteiger partial charge is 0.484 e. The molecule has 22 heavy (non-hydrogen) atoms. The Kier molecular flexibility index (Phi) is 6.25. The number of methoxy groups -OCH3 is 1. The minimum atomic E-state index is -0.423. The fraction of sp³-hybridized carbons (Fsp3) is 0.529. The Bertz CT molecular complexity index is 507. The highest BCUT2D eigenvalue weighted by molar-refractivity contribution is 5.89. The number of amides is 1. The summed E-state index contributed by atoms with van der Waals surface area (Å²) in [6.45, 7) is -0.0405. The van der Waals surface area contributed by atoms with Gasteiger partial charge in [-0.3, -0.25) is 4.79 Å². The molecule has 120 valence electrons. The Labute approximate surface area is 131 Å². The van der Waals surface area contributed by atoms with Crippen molar-refractivity contribution < 1.29 is 19.1 Å². The van der Waals surface area contributed by atoms with Gasteiger partial charge in [0.2, 0.25) is 0 Å². The molecule has 1 aliphatic rings. The lowest BCUT2D eigenvalue weighted by Crippen LogP contribution is -2.37. The molecule has 5 nitrogen and oxygen atoms in total. The van der Waals surface area contributed by atoms with Gasteiger partial charge in [-0.15, -0.1) is 0 Å². The van der Waals surface area contributed by atoms with Crippen molar-refractivity contribution >= 4 is 11.9 Å². The molecule has 1 amide bonds. The second-order valence-corrected chi connectivity index (χ2v) is 5.56. The van der Waals surface area contributed by atoms with Crippen molar-refractivity contribution in [1.29, 1.82) is 0 Å². The van der Waals surface area contributed by atoms with Crippen LogP contribution < -0.4 is 10.1 Å². The first kappa shape index (κ1) is 16.3. The van der Waals surface area contributed by atoms with Crippen LogP contribution in [0.3, 0.4) is 0 Å². The van der Waals surface area contributed by atoms with E-state index in [4.69, 9.17) is 4.74 Å². The highest BCUT2D eigenvalue weighted by Crippen LogP contribution is 2.17. The summed E-state index contributed by atoms with van der Waals surface area (Å²) in [6, 6.07) is 6.89. The monoisotopic (exact) mass is 305 g/mol. The maximum Gasteiger partial charge on any atom is 0.337 e. The number of benzene rings is 1. The predicted molar refractivity (Wildman–Crippen MR) is 82.9 cm³/mol. The molecule has 0 heterocycles. The van der Waals surface area contributed by atoms with Crippen molar-refractivity contribution in [2.45, 2.75) is 44.6 Å². The third-order valence-electron chi connectivity index (χ3n) is 3.85. The van der Waals surface area contributed by atoms with Gasteiger partial charge in [0, 0.05) is 6.04 Å². The molecule has 1 aromatic carbocycles. The van der Waals surface area contributed by atoms with Crippen LogP contribution in [0.1, 0.15) is 48.9 Å². The molecule has 1 aliphatic carbocycles. The van der Waals surface area contributed by atoms with Crippen molar-refractivity contribution in [3.8, 4) is 5.75 Å². The predicted octanol–water partition coefficient (Wildman–Crippen LogP) is 2.69. The molecule has 1 N–H and O–H groups in total. The zero-order chi connectivity index (χ0) is 15.8. The molecule has 1 aromatic rings. The Morgan fingerprint density at radius 3 is 2.59 bits per heavy atom. The molecule has 5 heteroatoms. The number of carbonyl (C=O) groups excluding carboxylic acids is 2. The van der Waals surface area contributed by atoms with E-state index in [1.54, 1.807) is 24.3 Å². The minimum absolute atomic E-state index is 0.0405. The van der Waals surface area contributed by atoms with E-state index < -0.39 is 5.97 Å². The second-order valence-electron chi connectivity index (χ2n) is 5.56. The highest BCUT2D eigenvalue weighted by atomic mass is 16.5. The van der Waals surface area contributed by atoms with Gasteiger partial charge in [0.05, 0.1) is 12.7 Å². The van der Waals surface area contributed by atoms with Crippen LogP contribution in [0.2, 0.25) is 0 Å². The third kappa shape index (κ3) is 5.06. The summed E-state index contributed by atoms with van der Waals surface area (Å²) in [5.74, 6) is -0.0531. The number of hydrogen-bond acceptors (Lipinski definition) is 4. The molecule has 0 saturated heterocycles. The Morgan fingerprint density at radius 1 is 1.18 bits per heavy atom. The molecule has 0 aromatic heterocycles. The number of nitrogens with one attached hydrogen (secondary N) is 1. The van der Waals surface area contributed by atoms with Gasteiger partial charge in [-0.05, 0) is 31.0 Å². The highest BCUT2D eigenvalue weighted by Gasteiger charge is 2.15. The summed E-state index contributed by atoms with van der Waals surface area (Å²) in [6.07, 6.45) is 6.94. The van der Waals surface area contributed by atoms with Crippen LogP contribution in [-0.4, -0.2) is 31.6 Å². The van der Waals surface area contributed by atoms with Gasteiger partial charge in [0.25, 0.3) is 5.91 Å². The van der Waals surface area contributed by atoms with Crippen LogP contribution in [0.5, 0.6) is 5.75 Å². The van der Waals surface area contributed by atoms with Crippen LogP contribution in [0.15, 0.2) is 24.3 Å². The fourth-order valence-corrected chi connectivity index (χ4v) is 2.67. The van der Waals surface area contributed by atoms with Crippen LogP contribution in [0.25, 0.3) is 0 Å². The van der Waals surface area contributed by atoms with Gasteiger partial charge in [0.1, 0.15) is 5.75 Å². The van der Waals surface area contributed by atoms with Crippen LogP contribution in [0.4, 0.5) is 0 Å². The quantitative estimate of drug-likeness (QED) is 0.671. The van der Waals surface area contributed by atoms with E-state index >= 15 is 0 Å². The summed E-state index contributed by atoms with van der Waals surface area (Å²) >= 11 is 0. The SMILES string of the molecule is COC(=O)c1cccc(OCC(=O)NC2CCCCCC2)c1. The summed E-state index contributed by atoms with van der Waals surface area (Å²) < 4.78 is 10.1. The summed E-state index contributed by atoms with van der Waals surface area (Å²) in [5.41, 5.74) is 0.407. The first-order valence-electron chi connectivity index (χ1n) is 7.79. The van der Waals surface area contributed by atoms with Crippen LogP contribution >= 0.6 is 0 Å². The average Bonchev–Trinajstić information content (AvgIpc) is 2.81. The van der Waals surface area contributed by atoms with E-state index in [9.17, 15) is 9.59 Å². The smallest absolute Gasteiger partial charge is 0.337 e. The number of esters is 1. The zero-order valence-corrected chi connectivity index (χ0v) is 13.0. The van der Waals surface area contributed by atoms with Gasteiger partial charge in [-0.25, -0.2) is 4.79 Å². The average molecular weight is 305 g/mol. The number of carbonyl (C=O) groups is 2. The summed E-state index contributed by atoms with van der Waals surface area (Å²) in [4.78, 5) is 23.4. The molecule has 0 unspecified atom stereocenters. The van der Waals surface area contributed by atoms with Crippen molar-refractivity contribution in [2.75, 3.05) is 13.7 Å². The normalized spacial score (nSPS) is 15.7.